The normalized spacial score (nSPS) is 35.3. The summed E-state index contributed by atoms with van der Waals surface area (Å²) in [7, 11) is 0. The van der Waals surface area contributed by atoms with Crippen LogP contribution in [0.25, 0.3) is 0 Å². The summed E-state index contributed by atoms with van der Waals surface area (Å²) in [6.45, 7) is 5.46. The van der Waals surface area contributed by atoms with Gasteiger partial charge in [-0.05, 0) is 19.3 Å². The quantitative estimate of drug-likeness (QED) is 0.246. The molecule has 2 rings (SSSR count). The minimum absolute atomic E-state index is 0.345. The van der Waals surface area contributed by atoms with Gasteiger partial charge in [0.05, 0.1) is 19.8 Å². The fraction of sp³-hybridized carbons (Fsp3) is 0.889. The molecule has 0 radical (unpaired) electrons. The lowest BCUT2D eigenvalue weighted by molar-refractivity contribution is 0.148. The van der Waals surface area contributed by atoms with Crippen molar-refractivity contribution >= 4 is 5.96 Å². The van der Waals surface area contributed by atoms with Gasteiger partial charge < -0.3 is 10.1 Å². The van der Waals surface area contributed by atoms with E-state index in [1.165, 1.54) is 6.42 Å². The first kappa shape index (κ1) is 9.73. The van der Waals surface area contributed by atoms with Crippen molar-refractivity contribution in [3.05, 3.63) is 0 Å². The summed E-state index contributed by atoms with van der Waals surface area (Å²) in [5.41, 5.74) is 2.91. The molecule has 2 fully saturated rings. The number of rotatable bonds is 3. The number of nitrogens with one attached hydrogen (secondary N) is 2. The van der Waals surface area contributed by atoms with Crippen molar-refractivity contribution in [2.24, 2.45) is 22.2 Å². The van der Waals surface area contributed by atoms with Crippen LogP contribution in [0.15, 0.2) is 4.99 Å². The predicted molar refractivity (Wildman–Crippen MR) is 54.7 cm³/mol. The minimum Gasteiger partial charge on any atom is -0.380 e. The molecular formula is C9H18N4O. The topological polar surface area (TPSA) is 71.7 Å². The third kappa shape index (κ3) is 1.69. The van der Waals surface area contributed by atoms with Gasteiger partial charge in [-0.3, -0.25) is 10.4 Å². The maximum absolute atomic E-state index is 5.39. The van der Waals surface area contributed by atoms with Crippen LogP contribution in [0.2, 0.25) is 0 Å². The van der Waals surface area contributed by atoms with Crippen LogP contribution in [0.5, 0.6) is 0 Å². The molecule has 1 saturated carbocycles. The monoisotopic (exact) mass is 198 g/mol. The van der Waals surface area contributed by atoms with Gasteiger partial charge in [-0.15, -0.1) is 0 Å². The molecule has 0 aromatic rings. The lowest BCUT2D eigenvalue weighted by Gasteiger charge is -2.10. The number of aliphatic imine (C=N–C) groups is 1. The number of hydrogen-bond donors (Lipinski definition) is 3. The van der Waals surface area contributed by atoms with E-state index in [0.717, 1.165) is 32.2 Å². The molecule has 0 aromatic carbocycles. The van der Waals surface area contributed by atoms with Gasteiger partial charge in [0, 0.05) is 12.0 Å². The lowest BCUT2D eigenvalue weighted by Crippen LogP contribution is -2.41. The number of guanidine groups is 1. The zero-order valence-corrected chi connectivity index (χ0v) is 8.55. The zero-order chi connectivity index (χ0) is 10.0. The number of fused-ring (bicyclic) bond motifs is 1. The highest BCUT2D eigenvalue weighted by molar-refractivity contribution is 5.79. The average Bonchev–Trinajstić information content (AvgIpc) is 2.76. The standard InChI is InChI=1S/C9H18N4O/c1-2-11-8(13-10)12-5-9-3-7(9)4-14-6-9/h7H,2-6,10H2,1H3,(H2,11,12,13). The summed E-state index contributed by atoms with van der Waals surface area (Å²) in [5, 5.41) is 3.07. The largest absolute Gasteiger partial charge is 0.380 e. The Balaban J connectivity index is 1.85. The van der Waals surface area contributed by atoms with E-state index in [0.29, 0.717) is 11.4 Å². The number of hydrogen-bond acceptors (Lipinski definition) is 3. The molecule has 1 aliphatic heterocycles. The molecule has 2 unspecified atom stereocenters. The minimum atomic E-state index is 0.345. The predicted octanol–water partition coefficient (Wildman–Crippen LogP) is -0.548. The maximum Gasteiger partial charge on any atom is 0.205 e. The summed E-state index contributed by atoms with van der Waals surface area (Å²) >= 11 is 0. The first-order chi connectivity index (χ1) is 6.80. The Morgan fingerprint density at radius 1 is 1.71 bits per heavy atom. The highest BCUT2D eigenvalue weighted by atomic mass is 16.5. The summed E-state index contributed by atoms with van der Waals surface area (Å²) in [5.74, 6) is 6.75. The van der Waals surface area contributed by atoms with E-state index in [1.807, 2.05) is 6.92 Å². The van der Waals surface area contributed by atoms with Gasteiger partial charge in [-0.25, -0.2) is 5.84 Å². The molecule has 0 aromatic heterocycles. The smallest absolute Gasteiger partial charge is 0.205 e. The molecule has 14 heavy (non-hydrogen) atoms. The van der Waals surface area contributed by atoms with Crippen molar-refractivity contribution in [1.29, 1.82) is 0 Å². The molecule has 2 aliphatic rings. The van der Waals surface area contributed by atoms with Gasteiger partial charge >= 0.3 is 0 Å². The highest BCUT2D eigenvalue weighted by Gasteiger charge is 2.58. The molecule has 5 nitrogen and oxygen atoms in total. The molecule has 1 heterocycles. The van der Waals surface area contributed by atoms with Crippen LogP contribution in [0, 0.1) is 11.3 Å². The number of hydrazine groups is 1. The molecule has 5 heteroatoms. The second-order valence-corrected chi connectivity index (χ2v) is 4.12. The molecule has 4 N–H and O–H groups in total. The Kier molecular flexibility index (Phi) is 2.60. The van der Waals surface area contributed by atoms with Gasteiger partial charge in [0.25, 0.3) is 0 Å². The van der Waals surface area contributed by atoms with Crippen molar-refractivity contribution in [3.63, 3.8) is 0 Å². The van der Waals surface area contributed by atoms with Crippen molar-refractivity contribution in [2.75, 3.05) is 26.3 Å². The van der Waals surface area contributed by atoms with Crippen LogP contribution in [0.4, 0.5) is 0 Å². The van der Waals surface area contributed by atoms with Crippen LogP contribution in [0.3, 0.4) is 0 Å². The Bertz CT molecular complexity index is 243. The van der Waals surface area contributed by atoms with E-state index in [9.17, 15) is 0 Å². The van der Waals surface area contributed by atoms with E-state index >= 15 is 0 Å². The van der Waals surface area contributed by atoms with Gasteiger partial charge in [0.2, 0.25) is 5.96 Å². The highest BCUT2D eigenvalue weighted by Crippen LogP contribution is 2.56. The molecular weight excluding hydrogens is 180 g/mol. The van der Waals surface area contributed by atoms with Crippen LogP contribution in [-0.2, 0) is 4.74 Å². The Hall–Kier alpha value is -0.810. The van der Waals surface area contributed by atoms with E-state index in [2.05, 4.69) is 15.7 Å². The molecule has 1 aliphatic carbocycles. The Labute approximate surface area is 84.1 Å². The fourth-order valence-corrected chi connectivity index (χ4v) is 2.04. The van der Waals surface area contributed by atoms with Crippen molar-refractivity contribution in [2.45, 2.75) is 13.3 Å². The van der Waals surface area contributed by atoms with E-state index in [4.69, 9.17) is 10.6 Å². The second kappa shape index (κ2) is 3.74. The summed E-state index contributed by atoms with van der Waals surface area (Å²) in [6, 6.07) is 0. The number of nitrogens with two attached hydrogens (primary N) is 1. The molecule has 0 amide bonds. The third-order valence-electron chi connectivity index (χ3n) is 3.10. The van der Waals surface area contributed by atoms with E-state index < -0.39 is 0 Å². The molecule has 2 atom stereocenters. The van der Waals surface area contributed by atoms with Crippen LogP contribution < -0.4 is 16.6 Å². The molecule has 1 saturated heterocycles. The molecule has 80 valence electrons. The van der Waals surface area contributed by atoms with Crippen LogP contribution >= 0.6 is 0 Å². The maximum atomic E-state index is 5.39. The lowest BCUT2D eigenvalue weighted by atomic mass is 10.1. The van der Waals surface area contributed by atoms with Crippen molar-refractivity contribution < 1.29 is 4.74 Å². The van der Waals surface area contributed by atoms with E-state index in [-0.39, 0.29) is 0 Å². The third-order valence-corrected chi connectivity index (χ3v) is 3.10. The molecule has 0 spiro atoms. The SMILES string of the molecule is CCNC(=NCC12COCC1C2)NN. The van der Waals surface area contributed by atoms with E-state index in [1.54, 1.807) is 0 Å². The average molecular weight is 198 g/mol. The number of ether oxygens (including phenoxy) is 1. The first-order valence-electron chi connectivity index (χ1n) is 5.13. The van der Waals surface area contributed by atoms with Gasteiger partial charge in [0.1, 0.15) is 0 Å². The van der Waals surface area contributed by atoms with Gasteiger partial charge in [-0.1, -0.05) is 0 Å². The van der Waals surface area contributed by atoms with Crippen molar-refractivity contribution in [1.82, 2.24) is 10.7 Å². The fourth-order valence-electron chi connectivity index (χ4n) is 2.04. The molecule has 0 bridgehead atoms. The summed E-state index contributed by atoms with van der Waals surface area (Å²) in [4.78, 5) is 4.42. The van der Waals surface area contributed by atoms with Crippen molar-refractivity contribution in [3.8, 4) is 0 Å². The Morgan fingerprint density at radius 2 is 2.57 bits per heavy atom. The van der Waals surface area contributed by atoms with Gasteiger partial charge in [0.15, 0.2) is 0 Å². The Morgan fingerprint density at radius 3 is 3.07 bits per heavy atom. The van der Waals surface area contributed by atoms with Crippen LogP contribution in [-0.4, -0.2) is 32.3 Å². The zero-order valence-electron chi connectivity index (χ0n) is 8.55. The number of nitrogens with zero attached hydrogens (tertiary/aromatic N) is 1. The van der Waals surface area contributed by atoms with Crippen LogP contribution in [0.1, 0.15) is 13.3 Å². The van der Waals surface area contributed by atoms with Gasteiger partial charge in [-0.2, -0.15) is 0 Å². The summed E-state index contributed by atoms with van der Waals surface area (Å²) in [6.07, 6.45) is 1.26. The summed E-state index contributed by atoms with van der Waals surface area (Å²) < 4.78 is 5.39. The first-order valence-corrected chi connectivity index (χ1v) is 5.13. The second-order valence-electron chi connectivity index (χ2n) is 4.12.